The summed E-state index contributed by atoms with van der Waals surface area (Å²) in [5.74, 6) is -0.255. The van der Waals surface area contributed by atoms with Crippen molar-refractivity contribution in [1.29, 1.82) is 0 Å². The topological polar surface area (TPSA) is 89.7 Å². The second kappa shape index (κ2) is 6.98. The van der Waals surface area contributed by atoms with Gasteiger partial charge in [0.05, 0.1) is 12.0 Å². The maximum absolute atomic E-state index is 10.9. The van der Waals surface area contributed by atoms with E-state index in [-0.39, 0.29) is 11.4 Å². The number of aliphatic carboxylic acids is 1. The van der Waals surface area contributed by atoms with Crippen LogP contribution in [-0.2, 0) is 10.5 Å². The molecular weight excluding hydrogens is 270 g/mol. The molecule has 0 spiro atoms. The van der Waals surface area contributed by atoms with Gasteiger partial charge in [-0.25, -0.2) is 0 Å². The molecule has 0 aliphatic carbocycles. The Kier molecular flexibility index (Phi) is 5.62. The Hall–Kier alpha value is -1.76. The molecule has 6 nitrogen and oxygen atoms in total. The molecule has 0 radical (unpaired) electrons. The molecule has 1 N–H and O–H groups in total. The smallest absolute Gasteiger partial charge is 0.316 e. The van der Waals surface area contributed by atoms with Crippen LogP contribution in [0.2, 0.25) is 0 Å². The number of carbonyl (C=O) groups is 1. The van der Waals surface area contributed by atoms with Gasteiger partial charge in [0.15, 0.2) is 5.75 Å². The molecule has 0 amide bonds. The number of nitrogens with zero attached hydrogens (tertiary/aromatic N) is 1. The van der Waals surface area contributed by atoms with Crippen LogP contribution in [0.4, 0.5) is 5.69 Å². The molecule has 104 valence electrons. The summed E-state index contributed by atoms with van der Waals surface area (Å²) in [4.78, 5) is 21.2. The van der Waals surface area contributed by atoms with Gasteiger partial charge in [-0.1, -0.05) is 13.0 Å². The van der Waals surface area contributed by atoms with Crippen molar-refractivity contribution < 1.29 is 19.6 Å². The van der Waals surface area contributed by atoms with Crippen molar-refractivity contribution in [3.05, 3.63) is 33.9 Å². The average molecular weight is 285 g/mol. The van der Waals surface area contributed by atoms with Crippen LogP contribution in [0.15, 0.2) is 18.2 Å². The lowest BCUT2D eigenvalue weighted by Crippen LogP contribution is -2.15. The van der Waals surface area contributed by atoms with E-state index in [1.54, 1.807) is 13.0 Å². The summed E-state index contributed by atoms with van der Waals surface area (Å²) in [5.41, 5.74) is 0.598. The molecule has 0 aromatic heterocycles. The number of carboxylic acid groups (broad SMARTS) is 1. The minimum absolute atomic E-state index is 0.107. The first kappa shape index (κ1) is 15.3. The Bertz CT molecular complexity index is 477. The van der Waals surface area contributed by atoms with E-state index in [1.807, 2.05) is 0 Å². The third-order valence-corrected chi connectivity index (χ3v) is 3.97. The number of methoxy groups -OCH3 is 1. The number of ether oxygens (including phenoxy) is 1. The molecule has 0 aliphatic rings. The van der Waals surface area contributed by atoms with Gasteiger partial charge < -0.3 is 9.84 Å². The monoisotopic (exact) mass is 285 g/mol. The number of rotatable bonds is 7. The van der Waals surface area contributed by atoms with Crippen LogP contribution < -0.4 is 4.74 Å². The van der Waals surface area contributed by atoms with Gasteiger partial charge in [-0.2, -0.15) is 0 Å². The molecule has 0 aliphatic heterocycles. The van der Waals surface area contributed by atoms with E-state index in [0.29, 0.717) is 17.7 Å². The van der Waals surface area contributed by atoms with Crippen molar-refractivity contribution >= 4 is 23.4 Å². The zero-order valence-corrected chi connectivity index (χ0v) is 11.5. The molecule has 19 heavy (non-hydrogen) atoms. The first-order valence-corrected chi connectivity index (χ1v) is 6.70. The fourth-order valence-electron chi connectivity index (χ4n) is 1.53. The first-order valence-electron chi connectivity index (χ1n) is 5.65. The molecule has 0 fully saturated rings. The minimum atomic E-state index is -0.865. The standard InChI is InChI=1S/C12H15NO5S/c1-3-11(12(14)15)19-7-8-4-5-10(18-2)9(6-8)13(16)17/h4-6,11H,3,7H2,1-2H3,(H,14,15). The Morgan fingerprint density at radius 1 is 1.58 bits per heavy atom. The summed E-state index contributed by atoms with van der Waals surface area (Å²) in [6.45, 7) is 1.79. The van der Waals surface area contributed by atoms with Crippen LogP contribution in [0.3, 0.4) is 0 Å². The molecule has 1 rings (SSSR count). The molecular formula is C12H15NO5S. The zero-order valence-electron chi connectivity index (χ0n) is 10.7. The van der Waals surface area contributed by atoms with Gasteiger partial charge in [-0.15, -0.1) is 11.8 Å². The van der Waals surface area contributed by atoms with Crippen LogP contribution in [0.5, 0.6) is 5.75 Å². The third kappa shape index (κ3) is 4.13. The van der Waals surface area contributed by atoms with Crippen molar-refractivity contribution in [3.8, 4) is 5.75 Å². The Labute approximate surface area is 114 Å². The van der Waals surface area contributed by atoms with Crippen LogP contribution in [0, 0.1) is 10.1 Å². The van der Waals surface area contributed by atoms with E-state index in [2.05, 4.69) is 0 Å². The maximum Gasteiger partial charge on any atom is 0.316 e. The molecule has 1 atom stereocenters. The van der Waals surface area contributed by atoms with Crippen molar-refractivity contribution in [2.75, 3.05) is 7.11 Å². The van der Waals surface area contributed by atoms with Gasteiger partial charge in [0.2, 0.25) is 0 Å². The lowest BCUT2D eigenvalue weighted by Gasteiger charge is -2.09. The van der Waals surface area contributed by atoms with E-state index in [9.17, 15) is 14.9 Å². The Balaban J connectivity index is 2.82. The lowest BCUT2D eigenvalue weighted by molar-refractivity contribution is -0.385. The maximum atomic E-state index is 10.9. The van der Waals surface area contributed by atoms with Crippen LogP contribution in [-0.4, -0.2) is 28.4 Å². The highest BCUT2D eigenvalue weighted by atomic mass is 32.2. The largest absolute Gasteiger partial charge is 0.490 e. The number of carboxylic acids is 1. The highest BCUT2D eigenvalue weighted by Crippen LogP contribution is 2.30. The van der Waals surface area contributed by atoms with Crippen LogP contribution in [0.25, 0.3) is 0 Å². The summed E-state index contributed by atoms with van der Waals surface area (Å²) in [6, 6.07) is 4.64. The first-order chi connectivity index (χ1) is 8.99. The number of hydrogen-bond donors (Lipinski definition) is 1. The quantitative estimate of drug-likeness (QED) is 0.612. The van der Waals surface area contributed by atoms with E-state index < -0.39 is 16.1 Å². The highest BCUT2D eigenvalue weighted by molar-refractivity contribution is 7.99. The van der Waals surface area contributed by atoms with Gasteiger partial charge in [-0.05, 0) is 18.1 Å². The minimum Gasteiger partial charge on any atom is -0.490 e. The molecule has 7 heteroatoms. The second-order valence-electron chi connectivity index (χ2n) is 3.81. The summed E-state index contributed by atoms with van der Waals surface area (Å²) >= 11 is 1.25. The predicted octanol–water partition coefficient (Wildman–Crippen LogP) is 2.70. The van der Waals surface area contributed by atoms with Gasteiger partial charge in [0, 0.05) is 11.8 Å². The van der Waals surface area contributed by atoms with E-state index >= 15 is 0 Å². The van der Waals surface area contributed by atoms with E-state index in [1.165, 1.54) is 31.0 Å². The summed E-state index contributed by atoms with van der Waals surface area (Å²) in [7, 11) is 1.37. The number of thioether (sulfide) groups is 1. The highest BCUT2D eigenvalue weighted by Gasteiger charge is 2.18. The van der Waals surface area contributed by atoms with E-state index in [4.69, 9.17) is 9.84 Å². The van der Waals surface area contributed by atoms with Gasteiger partial charge in [0.1, 0.15) is 5.25 Å². The summed E-state index contributed by atoms with van der Waals surface area (Å²) in [6.07, 6.45) is 0.512. The summed E-state index contributed by atoms with van der Waals surface area (Å²) in [5, 5.41) is 19.3. The van der Waals surface area contributed by atoms with E-state index in [0.717, 1.165) is 0 Å². The van der Waals surface area contributed by atoms with Crippen molar-refractivity contribution in [3.63, 3.8) is 0 Å². The van der Waals surface area contributed by atoms with Crippen molar-refractivity contribution in [2.45, 2.75) is 24.3 Å². The van der Waals surface area contributed by atoms with Crippen LogP contribution >= 0.6 is 11.8 Å². The fraction of sp³-hybridized carbons (Fsp3) is 0.417. The molecule has 0 bridgehead atoms. The van der Waals surface area contributed by atoms with Crippen LogP contribution in [0.1, 0.15) is 18.9 Å². The Morgan fingerprint density at radius 3 is 2.74 bits per heavy atom. The van der Waals surface area contributed by atoms with Gasteiger partial charge >= 0.3 is 11.7 Å². The average Bonchev–Trinajstić information content (AvgIpc) is 2.38. The number of hydrogen-bond acceptors (Lipinski definition) is 5. The third-order valence-electron chi connectivity index (χ3n) is 2.54. The number of nitro benzene ring substituents is 1. The molecule has 0 saturated heterocycles. The molecule has 0 saturated carbocycles. The summed E-state index contributed by atoms with van der Waals surface area (Å²) < 4.78 is 4.90. The molecule has 0 heterocycles. The molecule has 1 aromatic carbocycles. The SMILES string of the molecule is CCC(SCc1ccc(OC)c([N+](=O)[O-])c1)C(=O)O. The second-order valence-corrected chi connectivity index (χ2v) is 5.00. The predicted molar refractivity (Wildman–Crippen MR) is 72.7 cm³/mol. The van der Waals surface area contributed by atoms with Crippen molar-refractivity contribution in [1.82, 2.24) is 0 Å². The number of benzene rings is 1. The fourth-order valence-corrected chi connectivity index (χ4v) is 2.48. The Morgan fingerprint density at radius 2 is 2.26 bits per heavy atom. The molecule has 1 aromatic rings. The van der Waals surface area contributed by atoms with Gasteiger partial charge in [0.25, 0.3) is 0 Å². The van der Waals surface area contributed by atoms with Gasteiger partial charge in [-0.3, -0.25) is 14.9 Å². The van der Waals surface area contributed by atoms with Crippen molar-refractivity contribution in [2.24, 2.45) is 0 Å². The number of nitro groups is 1. The lowest BCUT2D eigenvalue weighted by atomic mass is 10.2. The normalized spacial score (nSPS) is 11.9. The zero-order chi connectivity index (χ0) is 14.4. The molecule has 1 unspecified atom stereocenters.